The molecule has 2 fully saturated rings. The van der Waals surface area contributed by atoms with Gasteiger partial charge >= 0.3 is 0 Å². The highest BCUT2D eigenvalue weighted by molar-refractivity contribution is 4.85. The molecule has 0 heterocycles. The Morgan fingerprint density at radius 1 is 0.765 bits per heavy atom. The average Bonchev–Trinajstić information content (AvgIpc) is 2.25. The Bertz CT molecular complexity index is 217. The Morgan fingerprint density at radius 3 is 1.53 bits per heavy atom. The highest BCUT2D eigenvalue weighted by Crippen LogP contribution is 2.39. The Kier molecular flexibility index (Phi) is 4.48. The van der Waals surface area contributed by atoms with Crippen LogP contribution in [0.15, 0.2) is 0 Å². The van der Waals surface area contributed by atoms with Crippen LogP contribution in [0.2, 0.25) is 0 Å². The van der Waals surface area contributed by atoms with Gasteiger partial charge in [0, 0.05) is 12.1 Å². The summed E-state index contributed by atoms with van der Waals surface area (Å²) in [5, 5.41) is 0. The molecule has 2 saturated carbocycles. The summed E-state index contributed by atoms with van der Waals surface area (Å²) < 4.78 is 0. The first-order valence-corrected chi connectivity index (χ1v) is 7.57. The van der Waals surface area contributed by atoms with Crippen LogP contribution in [-0.4, -0.2) is 12.1 Å². The zero-order chi connectivity index (χ0) is 12.4. The van der Waals surface area contributed by atoms with Crippen LogP contribution < -0.4 is 11.5 Å². The number of nitrogens with two attached hydrogens (primary N) is 2. The molecule has 0 aromatic rings. The molecule has 0 aromatic carbocycles. The maximum absolute atomic E-state index is 6.05. The van der Waals surface area contributed by atoms with E-state index in [0.29, 0.717) is 12.1 Å². The lowest BCUT2D eigenvalue weighted by atomic mass is 9.68. The molecule has 2 rings (SSSR count). The van der Waals surface area contributed by atoms with E-state index in [9.17, 15) is 0 Å². The molecule has 100 valence electrons. The van der Waals surface area contributed by atoms with E-state index in [0.717, 1.165) is 23.7 Å². The van der Waals surface area contributed by atoms with Gasteiger partial charge in [-0.25, -0.2) is 0 Å². The van der Waals surface area contributed by atoms with E-state index < -0.39 is 0 Å². The molecular formula is C15H30N2. The third-order valence-electron chi connectivity index (χ3n) is 5.38. The number of hydrogen-bond donors (Lipinski definition) is 2. The van der Waals surface area contributed by atoms with E-state index in [-0.39, 0.29) is 0 Å². The van der Waals surface area contributed by atoms with E-state index in [1.165, 1.54) is 44.9 Å². The van der Waals surface area contributed by atoms with Crippen molar-refractivity contribution in [3.8, 4) is 0 Å². The summed E-state index contributed by atoms with van der Waals surface area (Å²) in [6.45, 7) is 4.81. The molecule has 0 amide bonds. The maximum Gasteiger partial charge on any atom is 0.00415 e. The summed E-state index contributed by atoms with van der Waals surface area (Å²) in [6, 6.07) is 0.942. The van der Waals surface area contributed by atoms with Crippen LogP contribution >= 0.6 is 0 Å². The quantitative estimate of drug-likeness (QED) is 0.777. The monoisotopic (exact) mass is 238 g/mol. The van der Waals surface area contributed by atoms with Crippen molar-refractivity contribution in [2.75, 3.05) is 0 Å². The molecule has 0 aromatic heterocycles. The standard InChI is InChI=1S/C15H30N2/c1-10-7-14(16)5-3-12(10)9-13-4-6-15(17)8-11(13)2/h10-15H,3-9,16-17H2,1-2H3/t10-,11-,12-,13+,14-,15-/m0/s1. The normalized spacial score (nSPS) is 48.0. The van der Waals surface area contributed by atoms with Crippen LogP contribution in [0.1, 0.15) is 58.8 Å². The van der Waals surface area contributed by atoms with Crippen LogP contribution in [-0.2, 0) is 0 Å². The van der Waals surface area contributed by atoms with E-state index in [1.807, 2.05) is 0 Å². The third-order valence-corrected chi connectivity index (χ3v) is 5.38. The van der Waals surface area contributed by atoms with Gasteiger partial charge in [-0.15, -0.1) is 0 Å². The summed E-state index contributed by atoms with van der Waals surface area (Å²) in [6.07, 6.45) is 9.12. The zero-order valence-electron chi connectivity index (χ0n) is 11.6. The van der Waals surface area contributed by atoms with Crippen LogP contribution in [0, 0.1) is 23.7 Å². The van der Waals surface area contributed by atoms with E-state index in [1.54, 1.807) is 0 Å². The molecule has 0 aliphatic heterocycles. The number of hydrogen-bond acceptors (Lipinski definition) is 2. The molecule has 0 saturated heterocycles. The maximum atomic E-state index is 6.05. The minimum absolute atomic E-state index is 0.471. The molecule has 4 N–H and O–H groups in total. The lowest BCUT2D eigenvalue weighted by molar-refractivity contribution is 0.139. The minimum Gasteiger partial charge on any atom is -0.328 e. The Hall–Kier alpha value is -0.0800. The Morgan fingerprint density at radius 2 is 1.18 bits per heavy atom. The molecule has 2 nitrogen and oxygen atoms in total. The third kappa shape index (κ3) is 3.45. The minimum atomic E-state index is 0.471. The predicted molar refractivity (Wildman–Crippen MR) is 73.6 cm³/mol. The van der Waals surface area contributed by atoms with Gasteiger partial charge in [-0.3, -0.25) is 0 Å². The van der Waals surface area contributed by atoms with Crippen molar-refractivity contribution in [3.63, 3.8) is 0 Å². The SMILES string of the molecule is C[C@H]1C[C@@H](N)CC[C@@H]1C[C@@H]1CC[C@H](N)C[C@@H]1C. The van der Waals surface area contributed by atoms with Gasteiger partial charge in [-0.2, -0.15) is 0 Å². The van der Waals surface area contributed by atoms with Crippen LogP contribution in [0.4, 0.5) is 0 Å². The van der Waals surface area contributed by atoms with Gasteiger partial charge in [0.1, 0.15) is 0 Å². The Balaban J connectivity index is 1.84. The van der Waals surface area contributed by atoms with Gasteiger partial charge in [0.25, 0.3) is 0 Å². The predicted octanol–water partition coefficient (Wildman–Crippen LogP) is 2.90. The first kappa shape index (κ1) is 13.4. The van der Waals surface area contributed by atoms with Gasteiger partial charge in [-0.1, -0.05) is 13.8 Å². The summed E-state index contributed by atoms with van der Waals surface area (Å²) >= 11 is 0. The molecule has 2 heteroatoms. The second kappa shape index (κ2) is 5.71. The summed E-state index contributed by atoms with van der Waals surface area (Å²) in [5.74, 6) is 3.52. The van der Waals surface area contributed by atoms with Gasteiger partial charge in [-0.05, 0) is 68.6 Å². The highest BCUT2D eigenvalue weighted by atomic mass is 14.7. The fraction of sp³-hybridized carbons (Fsp3) is 1.00. The smallest absolute Gasteiger partial charge is 0.00415 e. The van der Waals surface area contributed by atoms with Crippen molar-refractivity contribution in [3.05, 3.63) is 0 Å². The van der Waals surface area contributed by atoms with Gasteiger partial charge in [0.2, 0.25) is 0 Å². The molecule has 6 atom stereocenters. The molecule has 0 radical (unpaired) electrons. The second-order valence-electron chi connectivity index (χ2n) is 6.86. The fourth-order valence-corrected chi connectivity index (χ4v) is 4.09. The van der Waals surface area contributed by atoms with Gasteiger partial charge in [0.15, 0.2) is 0 Å². The van der Waals surface area contributed by atoms with E-state index in [4.69, 9.17) is 11.5 Å². The van der Waals surface area contributed by atoms with Crippen molar-refractivity contribution in [1.82, 2.24) is 0 Å². The van der Waals surface area contributed by atoms with Gasteiger partial charge < -0.3 is 11.5 Å². The van der Waals surface area contributed by atoms with E-state index in [2.05, 4.69) is 13.8 Å². The van der Waals surface area contributed by atoms with Crippen molar-refractivity contribution in [1.29, 1.82) is 0 Å². The fourth-order valence-electron chi connectivity index (χ4n) is 4.09. The Labute approximate surface area is 107 Å². The van der Waals surface area contributed by atoms with Gasteiger partial charge in [0.05, 0.1) is 0 Å². The average molecular weight is 238 g/mol. The molecule has 0 spiro atoms. The first-order chi connectivity index (χ1) is 8.06. The topological polar surface area (TPSA) is 52.0 Å². The van der Waals surface area contributed by atoms with Crippen molar-refractivity contribution < 1.29 is 0 Å². The summed E-state index contributed by atoms with van der Waals surface area (Å²) in [7, 11) is 0. The van der Waals surface area contributed by atoms with Crippen LogP contribution in [0.3, 0.4) is 0 Å². The second-order valence-corrected chi connectivity index (χ2v) is 6.86. The van der Waals surface area contributed by atoms with Crippen molar-refractivity contribution >= 4 is 0 Å². The summed E-state index contributed by atoms with van der Waals surface area (Å²) in [5.41, 5.74) is 12.1. The summed E-state index contributed by atoms with van der Waals surface area (Å²) in [4.78, 5) is 0. The van der Waals surface area contributed by atoms with E-state index >= 15 is 0 Å². The molecule has 0 unspecified atom stereocenters. The van der Waals surface area contributed by atoms with Crippen LogP contribution in [0.5, 0.6) is 0 Å². The number of rotatable bonds is 2. The lowest BCUT2D eigenvalue weighted by Crippen LogP contribution is -2.36. The molecular weight excluding hydrogens is 208 g/mol. The lowest BCUT2D eigenvalue weighted by Gasteiger charge is -2.39. The van der Waals surface area contributed by atoms with Crippen molar-refractivity contribution in [2.45, 2.75) is 70.9 Å². The highest BCUT2D eigenvalue weighted by Gasteiger charge is 2.32. The van der Waals surface area contributed by atoms with Crippen LogP contribution in [0.25, 0.3) is 0 Å². The van der Waals surface area contributed by atoms with Crippen molar-refractivity contribution in [2.24, 2.45) is 35.1 Å². The zero-order valence-corrected chi connectivity index (χ0v) is 11.6. The first-order valence-electron chi connectivity index (χ1n) is 7.57. The molecule has 2 aliphatic carbocycles. The largest absolute Gasteiger partial charge is 0.328 e. The molecule has 2 aliphatic rings. The molecule has 17 heavy (non-hydrogen) atoms. The molecule has 0 bridgehead atoms.